The maximum Gasteiger partial charge on any atom is 0.172 e. The van der Waals surface area contributed by atoms with E-state index < -0.39 is 0 Å². The first-order valence-corrected chi connectivity index (χ1v) is 3.48. The van der Waals surface area contributed by atoms with Crippen LogP contribution in [0.2, 0.25) is 0 Å². The first-order chi connectivity index (χ1) is 5.27. The molecule has 0 aliphatic heterocycles. The van der Waals surface area contributed by atoms with Gasteiger partial charge in [0.1, 0.15) is 5.78 Å². The molecule has 0 spiro atoms. The Kier molecular flexibility index (Phi) is 1.18. The summed E-state index contributed by atoms with van der Waals surface area (Å²) in [5.74, 6) is -0.0420. The van der Waals surface area contributed by atoms with Crippen LogP contribution in [0.15, 0.2) is 12.4 Å². The number of fused-ring (bicyclic) bond motifs is 1. The fraction of sp³-hybridized carbons (Fsp3) is 0.250. The summed E-state index contributed by atoms with van der Waals surface area (Å²) in [7, 11) is 0. The molecule has 3 nitrogen and oxygen atoms in total. The Labute approximate surface area is 63.4 Å². The predicted molar refractivity (Wildman–Crippen MR) is 38.5 cm³/mol. The lowest BCUT2D eigenvalue weighted by atomic mass is 9.94. The van der Waals surface area contributed by atoms with Gasteiger partial charge in [-0.2, -0.15) is 0 Å². The molecular formula is C8H7NO2. The molecule has 1 N–H and O–H groups in total. The first-order valence-electron chi connectivity index (χ1n) is 3.48. The third-order valence-corrected chi connectivity index (χ3v) is 1.88. The molecule has 0 radical (unpaired) electrons. The van der Waals surface area contributed by atoms with Crippen LogP contribution in [0.25, 0.3) is 0 Å². The van der Waals surface area contributed by atoms with Crippen LogP contribution in [-0.2, 0) is 11.2 Å². The summed E-state index contributed by atoms with van der Waals surface area (Å²) in [5.41, 5.74) is 1.52. The Balaban J connectivity index is 2.52. The summed E-state index contributed by atoms with van der Waals surface area (Å²) in [6.45, 7) is 0. The largest absolute Gasteiger partial charge is 0.367 e. The van der Waals surface area contributed by atoms with E-state index in [1.54, 1.807) is 12.4 Å². The van der Waals surface area contributed by atoms with Crippen molar-refractivity contribution in [1.29, 1.82) is 0 Å². The number of nitrogens with one attached hydrogen (secondary N) is 1. The lowest BCUT2D eigenvalue weighted by Crippen LogP contribution is -2.17. The van der Waals surface area contributed by atoms with E-state index in [0.29, 0.717) is 12.0 Å². The Morgan fingerprint density at radius 1 is 1.18 bits per heavy atom. The zero-order valence-electron chi connectivity index (χ0n) is 5.89. The van der Waals surface area contributed by atoms with E-state index in [9.17, 15) is 9.59 Å². The van der Waals surface area contributed by atoms with Gasteiger partial charge in [-0.15, -0.1) is 0 Å². The summed E-state index contributed by atoms with van der Waals surface area (Å²) in [4.78, 5) is 24.8. The van der Waals surface area contributed by atoms with Gasteiger partial charge in [0.2, 0.25) is 0 Å². The van der Waals surface area contributed by atoms with E-state index >= 15 is 0 Å². The third-order valence-electron chi connectivity index (χ3n) is 1.88. The van der Waals surface area contributed by atoms with Crippen molar-refractivity contribution in [2.24, 2.45) is 0 Å². The fourth-order valence-corrected chi connectivity index (χ4v) is 1.35. The van der Waals surface area contributed by atoms with Crippen LogP contribution in [-0.4, -0.2) is 16.6 Å². The van der Waals surface area contributed by atoms with E-state index in [2.05, 4.69) is 4.98 Å². The van der Waals surface area contributed by atoms with Crippen LogP contribution in [0.5, 0.6) is 0 Å². The van der Waals surface area contributed by atoms with Gasteiger partial charge in [-0.3, -0.25) is 9.59 Å². The van der Waals surface area contributed by atoms with Crippen LogP contribution in [0.3, 0.4) is 0 Å². The molecule has 0 bridgehead atoms. The highest BCUT2D eigenvalue weighted by Gasteiger charge is 2.22. The zero-order chi connectivity index (χ0) is 7.84. The van der Waals surface area contributed by atoms with E-state index in [1.165, 1.54) is 0 Å². The third kappa shape index (κ3) is 0.888. The maximum absolute atomic E-state index is 11.1. The molecule has 0 fully saturated rings. The highest BCUT2D eigenvalue weighted by atomic mass is 16.1. The number of H-pyrrole nitrogens is 1. The lowest BCUT2D eigenvalue weighted by molar-refractivity contribution is -0.117. The Hall–Kier alpha value is -1.38. The van der Waals surface area contributed by atoms with Crippen molar-refractivity contribution in [3.05, 3.63) is 23.5 Å². The molecule has 1 aliphatic rings. The molecule has 1 heterocycles. The summed E-state index contributed by atoms with van der Waals surface area (Å²) in [6, 6.07) is 0. The predicted octanol–water partition coefficient (Wildman–Crippen LogP) is 0.713. The summed E-state index contributed by atoms with van der Waals surface area (Å²) >= 11 is 0. The minimum atomic E-state index is -0.0579. The first kappa shape index (κ1) is 6.34. The molecular weight excluding hydrogens is 142 g/mol. The number of ketones is 2. The average Bonchev–Trinajstić information content (AvgIpc) is 2.34. The van der Waals surface area contributed by atoms with E-state index in [0.717, 1.165) is 5.56 Å². The topological polar surface area (TPSA) is 49.9 Å². The van der Waals surface area contributed by atoms with Gasteiger partial charge in [0.15, 0.2) is 5.78 Å². The van der Waals surface area contributed by atoms with Crippen LogP contribution in [0.4, 0.5) is 0 Å². The number of hydrogen-bond donors (Lipinski definition) is 1. The van der Waals surface area contributed by atoms with Gasteiger partial charge in [0.25, 0.3) is 0 Å². The normalized spacial score (nSPS) is 16.7. The van der Waals surface area contributed by atoms with E-state index in [-0.39, 0.29) is 18.0 Å². The highest BCUT2D eigenvalue weighted by molar-refractivity contribution is 6.12. The molecule has 0 atom stereocenters. The highest BCUT2D eigenvalue weighted by Crippen LogP contribution is 2.17. The molecule has 0 aromatic carbocycles. The molecule has 0 amide bonds. The van der Waals surface area contributed by atoms with Gasteiger partial charge in [0.05, 0.1) is 6.42 Å². The van der Waals surface area contributed by atoms with Gasteiger partial charge in [-0.25, -0.2) is 0 Å². The average molecular weight is 149 g/mol. The number of hydrogen-bond acceptors (Lipinski definition) is 2. The van der Waals surface area contributed by atoms with Crippen molar-refractivity contribution in [2.45, 2.75) is 12.8 Å². The smallest absolute Gasteiger partial charge is 0.172 e. The minimum Gasteiger partial charge on any atom is -0.367 e. The van der Waals surface area contributed by atoms with E-state index in [4.69, 9.17) is 0 Å². The Bertz CT molecular complexity index is 325. The standard InChI is InChI=1S/C8H7NO2/c10-6-1-5-3-9-4-7(5)8(11)2-6/h3-4,9H,1-2H2. The second kappa shape index (κ2) is 2.05. The molecule has 0 saturated heterocycles. The molecule has 1 aromatic rings. The van der Waals surface area contributed by atoms with Gasteiger partial charge < -0.3 is 4.98 Å². The Morgan fingerprint density at radius 3 is 2.82 bits per heavy atom. The second-order valence-corrected chi connectivity index (χ2v) is 2.71. The SMILES string of the molecule is O=C1CC(=O)c2c[nH]cc2C1. The van der Waals surface area contributed by atoms with Crippen molar-refractivity contribution in [3.63, 3.8) is 0 Å². The number of aromatic nitrogens is 1. The number of aromatic amines is 1. The molecule has 3 heteroatoms. The molecule has 0 unspecified atom stereocenters. The summed E-state index contributed by atoms with van der Waals surface area (Å²) < 4.78 is 0. The van der Waals surface area contributed by atoms with E-state index in [1.807, 2.05) is 0 Å². The number of carbonyl (C=O) groups excluding carboxylic acids is 2. The van der Waals surface area contributed by atoms with Crippen molar-refractivity contribution in [3.8, 4) is 0 Å². The van der Waals surface area contributed by atoms with Crippen molar-refractivity contribution in [2.75, 3.05) is 0 Å². The van der Waals surface area contributed by atoms with Crippen LogP contribution >= 0.6 is 0 Å². The van der Waals surface area contributed by atoms with Crippen molar-refractivity contribution in [1.82, 2.24) is 4.98 Å². The van der Waals surface area contributed by atoms with Gasteiger partial charge in [-0.05, 0) is 5.56 Å². The molecule has 2 rings (SSSR count). The summed E-state index contributed by atoms with van der Waals surface area (Å²) in [5, 5.41) is 0. The molecule has 0 saturated carbocycles. The Morgan fingerprint density at radius 2 is 2.00 bits per heavy atom. The molecule has 11 heavy (non-hydrogen) atoms. The molecule has 1 aromatic heterocycles. The second-order valence-electron chi connectivity index (χ2n) is 2.71. The zero-order valence-corrected chi connectivity index (χ0v) is 5.89. The van der Waals surface area contributed by atoms with Gasteiger partial charge >= 0.3 is 0 Å². The van der Waals surface area contributed by atoms with Gasteiger partial charge in [0, 0.05) is 24.4 Å². The van der Waals surface area contributed by atoms with Gasteiger partial charge in [-0.1, -0.05) is 0 Å². The monoisotopic (exact) mass is 149 g/mol. The number of rotatable bonds is 0. The summed E-state index contributed by atoms with van der Waals surface area (Å²) in [6.07, 6.45) is 3.85. The lowest BCUT2D eigenvalue weighted by Gasteiger charge is -2.07. The number of carbonyl (C=O) groups is 2. The van der Waals surface area contributed by atoms with Crippen molar-refractivity contribution < 1.29 is 9.59 Å². The van der Waals surface area contributed by atoms with Crippen molar-refractivity contribution >= 4 is 11.6 Å². The fourth-order valence-electron chi connectivity index (χ4n) is 1.35. The van der Waals surface area contributed by atoms with Crippen LogP contribution in [0.1, 0.15) is 22.3 Å². The minimum absolute atomic E-state index is 0.0158. The molecule has 56 valence electrons. The van der Waals surface area contributed by atoms with Crippen LogP contribution in [0, 0.1) is 0 Å². The maximum atomic E-state index is 11.1. The molecule has 1 aliphatic carbocycles. The number of Topliss-reactive ketones (excluding diaryl/α,β-unsaturated/α-hetero) is 2. The van der Waals surface area contributed by atoms with Crippen LogP contribution < -0.4 is 0 Å². The quantitative estimate of drug-likeness (QED) is 0.552.